The molecule has 0 saturated heterocycles. The fraction of sp³-hybridized carbons (Fsp3) is 0.250. The number of nitrogens with one attached hydrogen (secondary N) is 1. The van der Waals surface area contributed by atoms with E-state index >= 15 is 0 Å². The molecule has 3 N–H and O–H groups in total. The summed E-state index contributed by atoms with van der Waals surface area (Å²) in [5.74, 6) is 0.693. The molecular weight excluding hydrogens is 334 g/mol. The Labute approximate surface area is 161 Å². The van der Waals surface area contributed by atoms with Crippen LogP contribution in [0.15, 0.2) is 78.9 Å². The molecular formula is C24H27NO2. The molecule has 3 rings (SSSR count). The molecule has 0 radical (unpaired) electrons. The van der Waals surface area contributed by atoms with E-state index in [4.69, 9.17) is 0 Å². The summed E-state index contributed by atoms with van der Waals surface area (Å²) in [4.78, 5) is 0. The quantitative estimate of drug-likeness (QED) is 0.543. The van der Waals surface area contributed by atoms with E-state index in [9.17, 15) is 10.2 Å². The first-order valence-electron chi connectivity index (χ1n) is 9.30. The van der Waals surface area contributed by atoms with Crippen molar-refractivity contribution in [2.24, 2.45) is 0 Å². The van der Waals surface area contributed by atoms with Crippen LogP contribution in [0.4, 0.5) is 0 Å². The maximum Gasteiger partial charge on any atom is 0.115 e. The zero-order chi connectivity index (χ0) is 19.3. The summed E-state index contributed by atoms with van der Waals surface area (Å²) < 4.78 is 0. The lowest BCUT2D eigenvalue weighted by molar-refractivity contribution is 0.345. The van der Waals surface area contributed by atoms with E-state index in [1.54, 1.807) is 24.3 Å². The summed E-state index contributed by atoms with van der Waals surface area (Å²) in [6.45, 7) is 5.24. The molecule has 0 spiro atoms. The number of hydrogen-bond acceptors (Lipinski definition) is 3. The Morgan fingerprint density at radius 2 is 1.22 bits per heavy atom. The van der Waals surface area contributed by atoms with Crippen LogP contribution in [0.25, 0.3) is 0 Å². The molecule has 0 aliphatic carbocycles. The molecule has 140 valence electrons. The van der Waals surface area contributed by atoms with Crippen molar-refractivity contribution in [2.45, 2.75) is 38.3 Å². The molecule has 3 aromatic rings. The molecule has 3 aromatic carbocycles. The normalized spacial score (nSPS) is 11.7. The second kappa shape index (κ2) is 8.28. The molecule has 0 amide bonds. The van der Waals surface area contributed by atoms with Crippen LogP contribution in [0.2, 0.25) is 0 Å². The molecule has 0 unspecified atom stereocenters. The van der Waals surface area contributed by atoms with Crippen LogP contribution in [-0.2, 0) is 6.54 Å². The molecule has 0 fully saturated rings. The minimum atomic E-state index is -0.101. The van der Waals surface area contributed by atoms with E-state index < -0.39 is 0 Å². The second-order valence-electron chi connectivity index (χ2n) is 7.66. The highest BCUT2D eigenvalue weighted by Crippen LogP contribution is 2.34. The van der Waals surface area contributed by atoms with Crippen molar-refractivity contribution in [1.82, 2.24) is 5.32 Å². The average Bonchev–Trinajstić information content (AvgIpc) is 2.67. The molecule has 0 atom stereocenters. The lowest BCUT2D eigenvalue weighted by atomic mass is 9.81. The van der Waals surface area contributed by atoms with Gasteiger partial charge in [-0.25, -0.2) is 0 Å². The van der Waals surface area contributed by atoms with Crippen LogP contribution in [0.5, 0.6) is 11.5 Å². The molecule has 0 heterocycles. The van der Waals surface area contributed by atoms with Crippen LogP contribution in [0, 0.1) is 0 Å². The topological polar surface area (TPSA) is 52.5 Å². The molecule has 0 aromatic heterocycles. The van der Waals surface area contributed by atoms with Crippen molar-refractivity contribution in [1.29, 1.82) is 0 Å². The fourth-order valence-corrected chi connectivity index (χ4v) is 3.36. The van der Waals surface area contributed by atoms with Crippen molar-refractivity contribution < 1.29 is 10.2 Å². The Bertz CT molecular complexity index is 794. The Kier molecular flexibility index (Phi) is 5.82. The summed E-state index contributed by atoms with van der Waals surface area (Å²) in [5, 5.41) is 23.0. The van der Waals surface area contributed by atoms with Crippen LogP contribution < -0.4 is 5.32 Å². The first kappa shape index (κ1) is 19.0. The number of aromatic hydroxyl groups is 2. The van der Waals surface area contributed by atoms with Gasteiger partial charge in [-0.05, 0) is 61.2 Å². The van der Waals surface area contributed by atoms with Crippen LogP contribution >= 0.6 is 0 Å². The van der Waals surface area contributed by atoms with Crippen molar-refractivity contribution in [3.8, 4) is 11.5 Å². The van der Waals surface area contributed by atoms with E-state index in [0.29, 0.717) is 0 Å². The van der Waals surface area contributed by atoms with E-state index in [1.165, 1.54) is 5.56 Å². The summed E-state index contributed by atoms with van der Waals surface area (Å²) in [6.07, 6.45) is 0.884. The zero-order valence-corrected chi connectivity index (χ0v) is 15.9. The summed E-state index contributed by atoms with van der Waals surface area (Å²) in [7, 11) is 0. The lowest BCUT2D eigenvalue weighted by Crippen LogP contribution is -2.40. The molecule has 0 aliphatic heterocycles. The maximum absolute atomic E-state index is 9.64. The van der Waals surface area contributed by atoms with Gasteiger partial charge in [0.2, 0.25) is 0 Å². The van der Waals surface area contributed by atoms with Gasteiger partial charge in [-0.15, -0.1) is 0 Å². The van der Waals surface area contributed by atoms with Gasteiger partial charge < -0.3 is 15.5 Å². The minimum Gasteiger partial charge on any atom is -0.508 e. The monoisotopic (exact) mass is 361 g/mol. The van der Waals surface area contributed by atoms with Crippen molar-refractivity contribution in [3.05, 3.63) is 95.6 Å². The van der Waals surface area contributed by atoms with Crippen LogP contribution in [-0.4, -0.2) is 15.8 Å². The van der Waals surface area contributed by atoms with Gasteiger partial charge in [0.25, 0.3) is 0 Å². The second-order valence-corrected chi connectivity index (χ2v) is 7.66. The first-order valence-corrected chi connectivity index (χ1v) is 9.30. The van der Waals surface area contributed by atoms with Gasteiger partial charge in [-0.3, -0.25) is 0 Å². The third-order valence-electron chi connectivity index (χ3n) is 4.92. The third kappa shape index (κ3) is 5.35. The molecule has 0 bridgehead atoms. The standard InChI is InChI=1S/C24H27NO2/c1-24(2,25-17-18-6-4-3-5-7-18)16-23(19-8-12-21(26)13-9-19)20-10-14-22(27)15-11-20/h3-15,23,25-27H,16-17H2,1-2H3. The highest BCUT2D eigenvalue weighted by Gasteiger charge is 2.25. The Morgan fingerprint density at radius 3 is 1.70 bits per heavy atom. The SMILES string of the molecule is CC(C)(CC(c1ccc(O)cc1)c1ccc(O)cc1)NCc1ccccc1. The number of benzene rings is 3. The van der Waals surface area contributed by atoms with Gasteiger partial charge in [0.1, 0.15) is 11.5 Å². The molecule has 3 nitrogen and oxygen atoms in total. The number of hydrogen-bond donors (Lipinski definition) is 3. The molecule has 3 heteroatoms. The molecule has 27 heavy (non-hydrogen) atoms. The minimum absolute atomic E-state index is 0.101. The molecule has 0 saturated carbocycles. The van der Waals surface area contributed by atoms with E-state index in [1.807, 2.05) is 30.3 Å². The van der Waals surface area contributed by atoms with Gasteiger partial charge in [-0.2, -0.15) is 0 Å². The largest absolute Gasteiger partial charge is 0.508 e. The summed E-state index contributed by atoms with van der Waals surface area (Å²) >= 11 is 0. The van der Waals surface area contributed by atoms with Crippen molar-refractivity contribution in [3.63, 3.8) is 0 Å². The maximum atomic E-state index is 9.64. The molecule has 0 aliphatic rings. The smallest absolute Gasteiger partial charge is 0.115 e. The Balaban J connectivity index is 1.81. The number of phenols is 2. The number of phenolic OH excluding ortho intramolecular Hbond substituents is 2. The van der Waals surface area contributed by atoms with Gasteiger partial charge >= 0.3 is 0 Å². The summed E-state index contributed by atoms with van der Waals surface area (Å²) in [5.41, 5.74) is 3.45. The fourth-order valence-electron chi connectivity index (χ4n) is 3.36. The van der Waals surface area contributed by atoms with E-state index in [2.05, 4.69) is 43.4 Å². The summed E-state index contributed by atoms with van der Waals surface area (Å²) in [6, 6.07) is 25.2. The van der Waals surface area contributed by atoms with Gasteiger partial charge in [0.05, 0.1) is 0 Å². The van der Waals surface area contributed by atoms with Crippen LogP contribution in [0.1, 0.15) is 42.9 Å². The van der Waals surface area contributed by atoms with Gasteiger partial charge in [-0.1, -0.05) is 54.6 Å². The van der Waals surface area contributed by atoms with Crippen molar-refractivity contribution in [2.75, 3.05) is 0 Å². The van der Waals surface area contributed by atoms with E-state index in [-0.39, 0.29) is 23.0 Å². The third-order valence-corrected chi connectivity index (χ3v) is 4.92. The van der Waals surface area contributed by atoms with Crippen molar-refractivity contribution >= 4 is 0 Å². The highest BCUT2D eigenvalue weighted by atomic mass is 16.3. The lowest BCUT2D eigenvalue weighted by Gasteiger charge is -2.32. The number of rotatable bonds is 7. The zero-order valence-electron chi connectivity index (χ0n) is 15.9. The Hall–Kier alpha value is -2.78. The Morgan fingerprint density at radius 1 is 0.741 bits per heavy atom. The average molecular weight is 361 g/mol. The predicted octanol–water partition coefficient (Wildman–Crippen LogP) is 5.19. The van der Waals surface area contributed by atoms with Crippen LogP contribution in [0.3, 0.4) is 0 Å². The predicted molar refractivity (Wildman–Crippen MR) is 110 cm³/mol. The van der Waals surface area contributed by atoms with Gasteiger partial charge in [0, 0.05) is 18.0 Å². The highest BCUT2D eigenvalue weighted by molar-refractivity contribution is 5.38. The first-order chi connectivity index (χ1) is 12.9. The van der Waals surface area contributed by atoms with Gasteiger partial charge in [0.15, 0.2) is 0 Å². The van der Waals surface area contributed by atoms with E-state index in [0.717, 1.165) is 24.1 Å².